The molecule has 1 aliphatic carbocycles. The molecule has 1 heterocycles. The normalized spacial score (nSPS) is 26.1. The van der Waals surface area contributed by atoms with Crippen molar-refractivity contribution in [1.82, 2.24) is 0 Å². The van der Waals surface area contributed by atoms with E-state index in [2.05, 4.69) is 17.7 Å². The summed E-state index contributed by atoms with van der Waals surface area (Å²) < 4.78 is 16.6. The first-order valence-corrected chi connectivity index (χ1v) is 12.6. The Morgan fingerprint density at radius 3 is 2.74 bits per heavy atom. The predicted molar refractivity (Wildman–Crippen MR) is 122 cm³/mol. The van der Waals surface area contributed by atoms with Crippen molar-refractivity contribution in [2.45, 2.75) is 87.6 Å². The Balaban J connectivity index is 1.54. The molecule has 172 valence electrons. The molecule has 1 saturated carbocycles. The Bertz CT molecular complexity index is 716. The van der Waals surface area contributed by atoms with E-state index in [1.165, 1.54) is 7.11 Å². The summed E-state index contributed by atoms with van der Waals surface area (Å²) in [4.78, 5) is 25.0. The Kier molecular flexibility index (Phi) is 9.72. The lowest BCUT2D eigenvalue weighted by atomic mass is 9.97. The van der Waals surface area contributed by atoms with Gasteiger partial charge in [-0.15, -0.1) is 11.8 Å². The van der Waals surface area contributed by atoms with Gasteiger partial charge in [-0.3, -0.25) is 9.59 Å². The van der Waals surface area contributed by atoms with Crippen molar-refractivity contribution in [2.75, 3.05) is 13.7 Å². The maximum atomic E-state index is 12.7. The number of hydrogen-bond donors (Lipinski definition) is 0. The molecule has 0 N–H and O–H groups in total. The van der Waals surface area contributed by atoms with Crippen molar-refractivity contribution in [1.29, 1.82) is 0 Å². The molecule has 0 radical (unpaired) electrons. The van der Waals surface area contributed by atoms with Crippen molar-refractivity contribution in [3.63, 3.8) is 0 Å². The van der Waals surface area contributed by atoms with Crippen molar-refractivity contribution in [2.24, 2.45) is 11.8 Å². The van der Waals surface area contributed by atoms with Crippen LogP contribution in [0.15, 0.2) is 29.2 Å². The minimum atomic E-state index is -0.168. The fraction of sp³-hybridized carbons (Fsp3) is 0.680. The van der Waals surface area contributed by atoms with Crippen molar-refractivity contribution >= 4 is 23.5 Å². The molecular formula is C25H36O5S. The number of para-hydroxylation sites is 1. The summed E-state index contributed by atoms with van der Waals surface area (Å²) in [5.74, 6) is 1.58. The molecule has 1 saturated heterocycles. The average Bonchev–Trinajstić information content (AvgIpc) is 3.04. The second-order valence-electron chi connectivity index (χ2n) is 8.73. The van der Waals surface area contributed by atoms with Gasteiger partial charge in [0.1, 0.15) is 11.5 Å². The van der Waals surface area contributed by atoms with Crippen LogP contribution >= 0.6 is 11.8 Å². The number of hydrogen-bond acceptors (Lipinski definition) is 6. The van der Waals surface area contributed by atoms with Gasteiger partial charge < -0.3 is 14.2 Å². The third-order valence-corrected chi connectivity index (χ3v) is 7.93. The number of unbranched alkanes of at least 4 members (excludes halogenated alkanes) is 3. The van der Waals surface area contributed by atoms with Crippen LogP contribution in [0, 0.1) is 11.8 Å². The van der Waals surface area contributed by atoms with Crippen LogP contribution < -0.4 is 4.74 Å². The quantitative estimate of drug-likeness (QED) is 0.315. The van der Waals surface area contributed by atoms with Gasteiger partial charge in [0.25, 0.3) is 0 Å². The Labute approximate surface area is 190 Å². The average molecular weight is 449 g/mol. The maximum Gasteiger partial charge on any atom is 0.305 e. The zero-order chi connectivity index (χ0) is 22.1. The number of benzene rings is 1. The Hall–Kier alpha value is -1.53. The summed E-state index contributed by atoms with van der Waals surface area (Å²) in [5, 5.41) is 0.277. The summed E-state index contributed by atoms with van der Waals surface area (Å²) in [6.45, 7) is 2.95. The molecule has 31 heavy (non-hydrogen) atoms. The molecule has 0 amide bonds. The first-order valence-electron chi connectivity index (χ1n) is 11.7. The van der Waals surface area contributed by atoms with Gasteiger partial charge in [0.15, 0.2) is 6.29 Å². The third kappa shape index (κ3) is 7.25. The predicted octanol–water partition coefficient (Wildman–Crippen LogP) is 5.79. The van der Waals surface area contributed by atoms with E-state index in [0.717, 1.165) is 68.6 Å². The summed E-state index contributed by atoms with van der Waals surface area (Å²) in [7, 11) is 1.43. The largest absolute Gasteiger partial charge is 0.469 e. The summed E-state index contributed by atoms with van der Waals surface area (Å²) in [6.07, 6.45) is 8.99. The van der Waals surface area contributed by atoms with Crippen LogP contribution in [-0.4, -0.2) is 37.0 Å². The lowest BCUT2D eigenvalue weighted by Gasteiger charge is -2.26. The highest BCUT2D eigenvalue weighted by Gasteiger charge is 2.40. The SMILES string of the molecule is COC(=O)CCCCCCC1C(=O)CC(C)C1Sc1ccccc1OC1CCCCO1. The minimum absolute atomic E-state index is 0.0968. The topological polar surface area (TPSA) is 61.8 Å². The number of ether oxygens (including phenoxy) is 3. The van der Waals surface area contributed by atoms with E-state index < -0.39 is 0 Å². The van der Waals surface area contributed by atoms with E-state index in [1.54, 1.807) is 11.8 Å². The van der Waals surface area contributed by atoms with Crippen LogP contribution in [0.1, 0.15) is 71.1 Å². The molecule has 0 bridgehead atoms. The first-order chi connectivity index (χ1) is 15.1. The van der Waals surface area contributed by atoms with Gasteiger partial charge in [-0.2, -0.15) is 0 Å². The number of ketones is 1. The number of rotatable bonds is 11. The molecule has 4 unspecified atom stereocenters. The van der Waals surface area contributed by atoms with Crippen molar-refractivity contribution in [3.8, 4) is 5.75 Å². The van der Waals surface area contributed by atoms with Gasteiger partial charge in [-0.1, -0.05) is 38.3 Å². The van der Waals surface area contributed by atoms with E-state index in [0.29, 0.717) is 24.5 Å². The van der Waals surface area contributed by atoms with Crippen LogP contribution in [0.2, 0.25) is 0 Å². The zero-order valence-electron chi connectivity index (χ0n) is 18.8. The highest BCUT2D eigenvalue weighted by atomic mass is 32.2. The molecule has 2 fully saturated rings. The van der Waals surface area contributed by atoms with Crippen LogP contribution in [0.25, 0.3) is 0 Å². The summed E-state index contributed by atoms with van der Waals surface area (Å²) >= 11 is 1.80. The van der Waals surface area contributed by atoms with Crippen LogP contribution in [0.3, 0.4) is 0 Å². The standard InChI is InChI=1S/C25H36O5S/c1-18-17-20(26)19(11-5-3-4-6-14-23(27)28-2)25(18)31-22-13-8-7-12-21(22)30-24-15-9-10-16-29-24/h7-8,12-13,18-19,24-25H,3-6,9-11,14-17H2,1-2H3. The molecule has 3 rings (SSSR count). The van der Waals surface area contributed by atoms with Crippen LogP contribution in [0.4, 0.5) is 0 Å². The van der Waals surface area contributed by atoms with Gasteiger partial charge in [0.2, 0.25) is 0 Å². The third-order valence-electron chi connectivity index (χ3n) is 6.28. The second-order valence-corrected chi connectivity index (χ2v) is 9.95. The van der Waals surface area contributed by atoms with Gasteiger partial charge in [-0.05, 0) is 43.7 Å². The van der Waals surface area contributed by atoms with E-state index >= 15 is 0 Å². The Morgan fingerprint density at radius 1 is 1.16 bits per heavy atom. The number of esters is 1. The second kappa shape index (κ2) is 12.5. The van der Waals surface area contributed by atoms with Gasteiger partial charge >= 0.3 is 5.97 Å². The highest BCUT2D eigenvalue weighted by Crippen LogP contribution is 2.45. The summed E-state index contributed by atoms with van der Waals surface area (Å²) in [5.41, 5.74) is 0. The maximum absolute atomic E-state index is 12.7. The molecule has 4 atom stereocenters. The van der Waals surface area contributed by atoms with E-state index in [4.69, 9.17) is 9.47 Å². The van der Waals surface area contributed by atoms with Gasteiger partial charge in [0.05, 0.1) is 13.7 Å². The van der Waals surface area contributed by atoms with Crippen LogP contribution in [0.5, 0.6) is 5.75 Å². The van der Waals surface area contributed by atoms with E-state index in [9.17, 15) is 9.59 Å². The fourth-order valence-corrected chi connectivity index (χ4v) is 5.98. The zero-order valence-corrected chi connectivity index (χ0v) is 19.7. The lowest BCUT2D eigenvalue weighted by Crippen LogP contribution is -2.25. The number of Topliss-reactive ketones (excluding diaryl/α,β-unsaturated/α-hetero) is 1. The minimum Gasteiger partial charge on any atom is -0.469 e. The number of methoxy groups -OCH3 is 1. The molecule has 6 heteroatoms. The number of thioether (sulfide) groups is 1. The van der Waals surface area contributed by atoms with E-state index in [1.807, 2.05) is 18.2 Å². The smallest absolute Gasteiger partial charge is 0.305 e. The van der Waals surface area contributed by atoms with Crippen molar-refractivity contribution in [3.05, 3.63) is 24.3 Å². The first kappa shape index (κ1) is 24.1. The monoisotopic (exact) mass is 448 g/mol. The molecule has 1 aromatic carbocycles. The van der Waals surface area contributed by atoms with Crippen molar-refractivity contribution < 1.29 is 23.8 Å². The lowest BCUT2D eigenvalue weighted by molar-refractivity contribution is -0.140. The molecule has 1 aromatic rings. The van der Waals surface area contributed by atoms with Crippen LogP contribution in [-0.2, 0) is 19.1 Å². The van der Waals surface area contributed by atoms with E-state index in [-0.39, 0.29) is 23.4 Å². The number of carbonyl (C=O) groups excluding carboxylic acids is 2. The van der Waals surface area contributed by atoms with Gasteiger partial charge in [-0.25, -0.2) is 0 Å². The molecule has 2 aliphatic rings. The molecular weight excluding hydrogens is 412 g/mol. The fourth-order valence-electron chi connectivity index (χ4n) is 4.51. The highest BCUT2D eigenvalue weighted by molar-refractivity contribution is 8.00. The Morgan fingerprint density at radius 2 is 1.97 bits per heavy atom. The molecule has 0 spiro atoms. The molecule has 1 aliphatic heterocycles. The molecule has 5 nitrogen and oxygen atoms in total. The number of carbonyl (C=O) groups is 2. The molecule has 0 aromatic heterocycles. The van der Waals surface area contributed by atoms with Gasteiger partial charge in [0, 0.05) is 35.3 Å². The summed E-state index contributed by atoms with van der Waals surface area (Å²) in [6, 6.07) is 8.15.